The first-order chi connectivity index (χ1) is 44.8. The minimum atomic E-state index is -5.69. The molecule has 548 valence electrons. The van der Waals surface area contributed by atoms with Crippen molar-refractivity contribution in [3.05, 3.63) is 0 Å². The molecule has 0 aromatic rings. The van der Waals surface area contributed by atoms with Crippen LogP contribution in [-0.2, 0) is 61.2 Å². The molecular weight excluding hydrogens is 1230 g/mol. The summed E-state index contributed by atoms with van der Waals surface area (Å²) >= 11 is 0. The van der Waals surface area contributed by atoms with Gasteiger partial charge in [-0.1, -0.05) is 245 Å². The molecule has 24 nitrogen and oxygen atoms in total. The standard InChI is InChI=1S/C68H127O24P/c1-4-7-10-13-16-19-22-23-24-25-26-29-32-35-38-41-44-54(72)87-49(46-84-52(70)42-39-36-33-30-27-20-17-14-11-8-5-2)47-86-93(82,83)92-66-64(90-67-62(80)57(75)55(73)50(45-69)88-67)60(78)59(77)61(79)65(66)91-68-63(81)58(76)56(74)51(89-68)48-85-53(71)43-40-37-34-31-28-21-18-15-12-9-6-3/h49-51,55-69,73-81H,4-48H2,1-3H3,(H,82,83). The molecule has 3 rings (SSSR count). The molecule has 18 unspecified atom stereocenters. The predicted molar refractivity (Wildman–Crippen MR) is 347 cm³/mol. The van der Waals surface area contributed by atoms with Crippen molar-refractivity contribution in [2.24, 2.45) is 0 Å². The summed E-state index contributed by atoms with van der Waals surface area (Å²) in [5, 5.41) is 110. The van der Waals surface area contributed by atoms with Gasteiger partial charge in [-0.15, -0.1) is 0 Å². The molecular formula is C68H127O24P. The van der Waals surface area contributed by atoms with Crippen molar-refractivity contribution in [3.63, 3.8) is 0 Å². The molecule has 3 fully saturated rings. The molecule has 11 N–H and O–H groups in total. The van der Waals surface area contributed by atoms with Crippen molar-refractivity contribution >= 4 is 25.7 Å². The number of phosphoric acid groups is 1. The summed E-state index contributed by atoms with van der Waals surface area (Å²) < 4.78 is 64.9. The number of rotatable bonds is 56. The van der Waals surface area contributed by atoms with Crippen LogP contribution in [0.25, 0.3) is 0 Å². The minimum Gasteiger partial charge on any atom is -0.463 e. The summed E-state index contributed by atoms with van der Waals surface area (Å²) in [6, 6.07) is 0. The van der Waals surface area contributed by atoms with Crippen LogP contribution < -0.4 is 0 Å². The second-order valence-corrected chi connectivity index (χ2v) is 27.7. The lowest BCUT2D eigenvalue weighted by molar-refractivity contribution is -0.360. The lowest BCUT2D eigenvalue weighted by Gasteiger charge is -2.49. The minimum absolute atomic E-state index is 0.0327. The Morgan fingerprint density at radius 2 is 0.688 bits per heavy atom. The first-order valence-electron chi connectivity index (χ1n) is 36.3. The molecule has 0 bridgehead atoms. The van der Waals surface area contributed by atoms with Crippen molar-refractivity contribution in [2.75, 3.05) is 26.4 Å². The second-order valence-electron chi connectivity index (χ2n) is 26.3. The van der Waals surface area contributed by atoms with Gasteiger partial charge in [0, 0.05) is 19.3 Å². The van der Waals surface area contributed by atoms with Gasteiger partial charge in [0.05, 0.1) is 13.2 Å². The SMILES string of the molecule is CCCCCCCCCCCCCCCCCCC(=O)OC(COC(=O)CCCCCCCCCCCCC)COP(=O)(O)OC1C(OC2OC(CO)C(O)C(O)C2O)C(O)C(O)C(O)C1OC1OC(COC(=O)CCCCCCCCCCCCC)C(O)C(O)C1O. The second kappa shape index (κ2) is 51.2. The molecule has 3 aliphatic rings. The van der Waals surface area contributed by atoms with Crippen molar-refractivity contribution in [1.29, 1.82) is 0 Å². The van der Waals surface area contributed by atoms with Gasteiger partial charge >= 0.3 is 25.7 Å². The van der Waals surface area contributed by atoms with Crippen LogP contribution in [0, 0.1) is 0 Å². The first-order valence-corrected chi connectivity index (χ1v) is 37.8. The fourth-order valence-electron chi connectivity index (χ4n) is 12.2. The normalized spacial score (nSPS) is 28.4. The lowest BCUT2D eigenvalue weighted by Crippen LogP contribution is -2.69. The van der Waals surface area contributed by atoms with Gasteiger partial charge in [-0.05, 0) is 19.3 Å². The van der Waals surface area contributed by atoms with Crippen LogP contribution in [0.15, 0.2) is 0 Å². The quantitative estimate of drug-likeness (QED) is 0.0117. The molecule has 2 aliphatic heterocycles. The number of aliphatic hydroxyl groups is 10. The molecule has 18 atom stereocenters. The number of phosphoric ester groups is 1. The number of esters is 3. The average molecular weight is 1360 g/mol. The van der Waals surface area contributed by atoms with Crippen molar-refractivity contribution in [2.45, 2.75) is 388 Å². The van der Waals surface area contributed by atoms with Gasteiger partial charge in [0.15, 0.2) is 18.7 Å². The average Bonchev–Trinajstić information content (AvgIpc) is 0.770. The van der Waals surface area contributed by atoms with Crippen molar-refractivity contribution in [3.8, 4) is 0 Å². The van der Waals surface area contributed by atoms with E-state index in [1.807, 2.05) is 0 Å². The Morgan fingerprint density at radius 3 is 1.05 bits per heavy atom. The van der Waals surface area contributed by atoms with Crippen LogP contribution in [0.2, 0.25) is 0 Å². The molecule has 1 aliphatic carbocycles. The number of unbranched alkanes of at least 4 members (excludes halogenated alkanes) is 35. The number of carbonyl (C=O) groups excluding carboxylic acids is 3. The van der Waals surface area contributed by atoms with E-state index in [4.69, 9.17) is 42.2 Å². The Morgan fingerprint density at radius 1 is 0.376 bits per heavy atom. The number of hydrogen-bond acceptors (Lipinski definition) is 23. The van der Waals surface area contributed by atoms with Gasteiger partial charge in [-0.2, -0.15) is 0 Å². The number of ether oxygens (including phenoxy) is 7. The van der Waals surface area contributed by atoms with Gasteiger partial charge in [-0.3, -0.25) is 23.4 Å². The van der Waals surface area contributed by atoms with E-state index in [9.17, 15) is 74.9 Å². The molecule has 0 aromatic carbocycles. The number of carbonyl (C=O) groups is 3. The Hall–Kier alpha value is -2.04. The first kappa shape index (κ1) is 85.2. The van der Waals surface area contributed by atoms with E-state index in [-0.39, 0.29) is 19.3 Å². The van der Waals surface area contributed by atoms with Crippen LogP contribution in [0.5, 0.6) is 0 Å². The van der Waals surface area contributed by atoms with Crippen LogP contribution in [0.1, 0.15) is 284 Å². The molecule has 2 saturated heterocycles. The van der Waals surface area contributed by atoms with E-state index in [1.54, 1.807) is 0 Å². The summed E-state index contributed by atoms with van der Waals surface area (Å²) in [6.45, 7) is 3.42. The van der Waals surface area contributed by atoms with Crippen LogP contribution >= 0.6 is 7.82 Å². The van der Waals surface area contributed by atoms with Gasteiger partial charge < -0.3 is 89.1 Å². The van der Waals surface area contributed by atoms with Crippen LogP contribution in [0.3, 0.4) is 0 Å². The fraction of sp³-hybridized carbons (Fsp3) is 0.956. The Bertz CT molecular complexity index is 1940. The molecule has 0 amide bonds. The predicted octanol–water partition coefficient (Wildman–Crippen LogP) is 9.01. The Kier molecular flexibility index (Phi) is 46.9. The van der Waals surface area contributed by atoms with E-state index >= 15 is 0 Å². The highest BCUT2D eigenvalue weighted by Gasteiger charge is 2.58. The fourth-order valence-corrected chi connectivity index (χ4v) is 13.1. The maximum atomic E-state index is 14.3. The highest BCUT2D eigenvalue weighted by Crippen LogP contribution is 2.49. The van der Waals surface area contributed by atoms with Gasteiger partial charge in [0.2, 0.25) is 0 Å². The number of aliphatic hydroxyl groups excluding tert-OH is 10. The molecule has 2 heterocycles. The Labute approximate surface area is 555 Å². The molecule has 1 saturated carbocycles. The van der Waals surface area contributed by atoms with E-state index < -0.39 is 156 Å². The number of hydrogen-bond donors (Lipinski definition) is 11. The maximum Gasteiger partial charge on any atom is 0.472 e. The monoisotopic (exact) mass is 1360 g/mol. The molecule has 0 radical (unpaired) electrons. The van der Waals surface area contributed by atoms with Gasteiger partial charge in [-0.25, -0.2) is 4.57 Å². The third kappa shape index (κ3) is 35.0. The summed E-state index contributed by atoms with van der Waals surface area (Å²) in [5.41, 5.74) is 0. The van der Waals surface area contributed by atoms with E-state index in [1.165, 1.54) is 128 Å². The topological polar surface area (TPSA) is 374 Å². The Balaban J connectivity index is 1.75. The zero-order valence-electron chi connectivity index (χ0n) is 56.8. The van der Waals surface area contributed by atoms with E-state index in [0.717, 1.165) is 96.3 Å². The third-order valence-corrected chi connectivity index (χ3v) is 19.1. The smallest absolute Gasteiger partial charge is 0.463 e. The molecule has 93 heavy (non-hydrogen) atoms. The van der Waals surface area contributed by atoms with Crippen molar-refractivity contribution in [1.82, 2.24) is 0 Å². The van der Waals surface area contributed by atoms with Crippen molar-refractivity contribution < 1.29 is 117 Å². The summed E-state index contributed by atoms with van der Waals surface area (Å²) in [6.07, 6.45) is 6.28. The summed E-state index contributed by atoms with van der Waals surface area (Å²) in [7, 11) is -5.69. The van der Waals surface area contributed by atoms with Gasteiger partial charge in [0.1, 0.15) is 98.7 Å². The zero-order chi connectivity index (χ0) is 68.2. The lowest BCUT2D eigenvalue weighted by atomic mass is 9.84. The highest BCUT2D eigenvalue weighted by atomic mass is 31.2. The largest absolute Gasteiger partial charge is 0.472 e. The molecule has 25 heteroatoms. The summed E-state index contributed by atoms with van der Waals surface area (Å²) in [5.74, 6) is -1.98. The highest BCUT2D eigenvalue weighted by molar-refractivity contribution is 7.47. The zero-order valence-corrected chi connectivity index (χ0v) is 57.7. The van der Waals surface area contributed by atoms with Gasteiger partial charge in [0.25, 0.3) is 0 Å². The third-order valence-electron chi connectivity index (χ3n) is 18.1. The van der Waals surface area contributed by atoms with Crippen LogP contribution in [-0.4, -0.2) is 204 Å². The van der Waals surface area contributed by atoms with Crippen LogP contribution in [0.4, 0.5) is 0 Å². The van der Waals surface area contributed by atoms with E-state index in [0.29, 0.717) is 19.3 Å². The maximum absolute atomic E-state index is 14.3. The molecule has 0 spiro atoms. The molecule has 0 aromatic heterocycles. The van der Waals surface area contributed by atoms with E-state index in [2.05, 4.69) is 20.8 Å². The summed E-state index contributed by atoms with van der Waals surface area (Å²) in [4.78, 5) is 50.8.